The molecule has 0 spiro atoms. The third kappa shape index (κ3) is 4.08. The number of hydrogen-bond acceptors (Lipinski definition) is 4. The van der Waals surface area contributed by atoms with Gasteiger partial charge in [0.2, 0.25) is 0 Å². The van der Waals surface area contributed by atoms with E-state index in [2.05, 4.69) is 5.32 Å². The molecule has 0 bridgehead atoms. The highest BCUT2D eigenvalue weighted by Gasteiger charge is 2.17. The molecule has 2 aromatic rings. The van der Waals surface area contributed by atoms with Crippen LogP contribution < -0.4 is 5.32 Å². The fourth-order valence-electron chi connectivity index (χ4n) is 2.18. The van der Waals surface area contributed by atoms with Crippen molar-refractivity contribution in [3.8, 4) is 5.75 Å². The number of carbonyl (C=O) groups is 2. The van der Waals surface area contributed by atoms with Crippen LogP contribution in [-0.4, -0.2) is 28.1 Å². The number of carboxylic acid groups (broad SMARTS) is 1. The maximum Gasteiger partial charge on any atom is 0.308 e. The lowest BCUT2D eigenvalue weighted by atomic mass is 10.1. The molecule has 1 aromatic heterocycles. The second-order valence-electron chi connectivity index (χ2n) is 5.04. The SMILES string of the molecule is CC(Cc1ccccc1O)NC(=O)c1ccsc1CC(=O)O. The minimum Gasteiger partial charge on any atom is -0.508 e. The van der Waals surface area contributed by atoms with E-state index in [0.717, 1.165) is 5.56 Å². The first-order valence-corrected chi connectivity index (χ1v) is 7.71. The third-order valence-corrected chi connectivity index (χ3v) is 4.12. The summed E-state index contributed by atoms with van der Waals surface area (Å²) in [5.41, 5.74) is 1.16. The van der Waals surface area contributed by atoms with Gasteiger partial charge >= 0.3 is 5.97 Å². The molecule has 0 fully saturated rings. The van der Waals surface area contributed by atoms with Crippen molar-refractivity contribution in [3.63, 3.8) is 0 Å². The number of para-hydroxylation sites is 1. The monoisotopic (exact) mass is 319 g/mol. The van der Waals surface area contributed by atoms with Gasteiger partial charge in [-0.15, -0.1) is 11.3 Å². The van der Waals surface area contributed by atoms with Crippen molar-refractivity contribution in [2.24, 2.45) is 0 Å². The summed E-state index contributed by atoms with van der Waals surface area (Å²) in [4.78, 5) is 23.6. The van der Waals surface area contributed by atoms with E-state index in [0.29, 0.717) is 16.9 Å². The summed E-state index contributed by atoms with van der Waals surface area (Å²) in [7, 11) is 0. The minimum atomic E-state index is -0.959. The number of benzene rings is 1. The molecule has 0 saturated carbocycles. The highest BCUT2D eigenvalue weighted by molar-refractivity contribution is 7.10. The van der Waals surface area contributed by atoms with Crippen LogP contribution in [0.5, 0.6) is 5.75 Å². The average Bonchev–Trinajstić information content (AvgIpc) is 2.88. The molecule has 0 aliphatic heterocycles. The number of rotatable bonds is 6. The van der Waals surface area contributed by atoms with E-state index in [-0.39, 0.29) is 24.1 Å². The maximum absolute atomic E-state index is 12.2. The lowest BCUT2D eigenvalue weighted by Gasteiger charge is -2.15. The van der Waals surface area contributed by atoms with Crippen molar-refractivity contribution in [3.05, 3.63) is 51.7 Å². The number of nitrogens with one attached hydrogen (secondary N) is 1. The summed E-state index contributed by atoms with van der Waals surface area (Å²) in [5.74, 6) is -1.05. The van der Waals surface area contributed by atoms with Crippen LogP contribution in [0.3, 0.4) is 0 Å². The first-order valence-electron chi connectivity index (χ1n) is 6.83. The van der Waals surface area contributed by atoms with E-state index < -0.39 is 5.97 Å². The Morgan fingerprint density at radius 2 is 2.00 bits per heavy atom. The van der Waals surface area contributed by atoms with Gasteiger partial charge in [-0.05, 0) is 36.4 Å². The Morgan fingerprint density at radius 3 is 2.68 bits per heavy atom. The minimum absolute atomic E-state index is 0.158. The van der Waals surface area contributed by atoms with Gasteiger partial charge in [0.15, 0.2) is 0 Å². The molecule has 6 heteroatoms. The van der Waals surface area contributed by atoms with Crippen LogP contribution in [0.4, 0.5) is 0 Å². The van der Waals surface area contributed by atoms with Gasteiger partial charge < -0.3 is 15.5 Å². The van der Waals surface area contributed by atoms with Crippen LogP contribution in [0.2, 0.25) is 0 Å². The van der Waals surface area contributed by atoms with Gasteiger partial charge in [0.05, 0.1) is 12.0 Å². The predicted octanol–water partition coefficient (Wildman–Crippen LogP) is 2.44. The number of hydrogen-bond donors (Lipinski definition) is 3. The quantitative estimate of drug-likeness (QED) is 0.763. The second-order valence-corrected chi connectivity index (χ2v) is 6.04. The average molecular weight is 319 g/mol. The van der Waals surface area contributed by atoms with Crippen LogP contribution in [0.15, 0.2) is 35.7 Å². The standard InChI is InChI=1S/C16H17NO4S/c1-10(8-11-4-2-3-5-13(11)18)17-16(21)12-6-7-22-14(12)9-15(19)20/h2-7,10,18H,8-9H2,1H3,(H,17,21)(H,19,20). The Bertz CT molecular complexity index is 680. The summed E-state index contributed by atoms with van der Waals surface area (Å²) in [5, 5.41) is 23.1. The third-order valence-electron chi connectivity index (χ3n) is 3.20. The smallest absolute Gasteiger partial charge is 0.308 e. The maximum atomic E-state index is 12.2. The molecule has 5 nitrogen and oxygen atoms in total. The molecule has 0 aliphatic rings. The summed E-state index contributed by atoms with van der Waals surface area (Å²) in [6, 6.07) is 8.43. The Morgan fingerprint density at radius 1 is 1.27 bits per heavy atom. The number of carbonyl (C=O) groups excluding carboxylic acids is 1. The Balaban J connectivity index is 2.01. The van der Waals surface area contributed by atoms with Gasteiger partial charge in [-0.25, -0.2) is 0 Å². The fourth-order valence-corrected chi connectivity index (χ4v) is 3.05. The summed E-state index contributed by atoms with van der Waals surface area (Å²) in [6.07, 6.45) is 0.338. The number of aliphatic carboxylic acids is 1. The summed E-state index contributed by atoms with van der Waals surface area (Å²) < 4.78 is 0. The molecule has 0 saturated heterocycles. The van der Waals surface area contributed by atoms with Crippen LogP contribution in [-0.2, 0) is 17.6 Å². The number of carboxylic acids is 1. The summed E-state index contributed by atoms with van der Waals surface area (Å²) >= 11 is 1.26. The molecule has 1 amide bonds. The highest BCUT2D eigenvalue weighted by Crippen LogP contribution is 2.19. The van der Waals surface area contributed by atoms with Crippen molar-refractivity contribution in [2.75, 3.05) is 0 Å². The van der Waals surface area contributed by atoms with Crippen molar-refractivity contribution in [1.29, 1.82) is 0 Å². The fraction of sp³-hybridized carbons (Fsp3) is 0.250. The Hall–Kier alpha value is -2.34. The van der Waals surface area contributed by atoms with Gasteiger partial charge in [0.25, 0.3) is 5.91 Å². The number of aromatic hydroxyl groups is 1. The molecule has 0 radical (unpaired) electrons. The van der Waals surface area contributed by atoms with Gasteiger partial charge in [-0.1, -0.05) is 18.2 Å². The predicted molar refractivity (Wildman–Crippen MR) is 84.4 cm³/mol. The largest absolute Gasteiger partial charge is 0.508 e. The van der Waals surface area contributed by atoms with E-state index in [9.17, 15) is 14.7 Å². The van der Waals surface area contributed by atoms with Crippen molar-refractivity contribution in [2.45, 2.75) is 25.8 Å². The van der Waals surface area contributed by atoms with E-state index in [1.54, 1.807) is 29.6 Å². The van der Waals surface area contributed by atoms with Crippen LogP contribution in [0.1, 0.15) is 27.7 Å². The molecule has 1 atom stereocenters. The van der Waals surface area contributed by atoms with Crippen LogP contribution in [0, 0.1) is 0 Å². The Kier molecular flexibility index (Phi) is 5.16. The normalized spacial score (nSPS) is 11.9. The molecule has 22 heavy (non-hydrogen) atoms. The zero-order valence-corrected chi connectivity index (χ0v) is 12.9. The highest BCUT2D eigenvalue weighted by atomic mass is 32.1. The zero-order valence-electron chi connectivity index (χ0n) is 12.1. The van der Waals surface area contributed by atoms with Crippen molar-refractivity contribution < 1.29 is 19.8 Å². The molecule has 116 valence electrons. The molecule has 1 aromatic carbocycles. The van der Waals surface area contributed by atoms with E-state index in [1.807, 2.05) is 13.0 Å². The number of thiophene rings is 1. The lowest BCUT2D eigenvalue weighted by Crippen LogP contribution is -2.34. The van der Waals surface area contributed by atoms with Crippen LogP contribution in [0.25, 0.3) is 0 Å². The van der Waals surface area contributed by atoms with E-state index in [1.165, 1.54) is 11.3 Å². The number of amides is 1. The van der Waals surface area contributed by atoms with Gasteiger partial charge in [0.1, 0.15) is 5.75 Å². The van der Waals surface area contributed by atoms with Gasteiger partial charge in [0, 0.05) is 10.9 Å². The van der Waals surface area contributed by atoms with Gasteiger partial charge in [-0.2, -0.15) is 0 Å². The molecular formula is C16H17NO4S. The lowest BCUT2D eigenvalue weighted by molar-refractivity contribution is -0.136. The first-order chi connectivity index (χ1) is 10.5. The van der Waals surface area contributed by atoms with Crippen molar-refractivity contribution in [1.82, 2.24) is 5.32 Å². The zero-order chi connectivity index (χ0) is 16.1. The molecule has 3 N–H and O–H groups in total. The van der Waals surface area contributed by atoms with E-state index >= 15 is 0 Å². The summed E-state index contributed by atoms with van der Waals surface area (Å²) in [6.45, 7) is 1.84. The number of phenols is 1. The molecule has 0 aliphatic carbocycles. The molecule has 2 rings (SSSR count). The second kappa shape index (κ2) is 7.09. The van der Waals surface area contributed by atoms with E-state index in [4.69, 9.17) is 5.11 Å². The Labute approximate surface area is 132 Å². The first kappa shape index (κ1) is 16.0. The number of phenolic OH excluding ortho intramolecular Hbond substituents is 1. The molecule has 1 unspecified atom stereocenters. The molecular weight excluding hydrogens is 302 g/mol. The van der Waals surface area contributed by atoms with Crippen LogP contribution >= 0.6 is 11.3 Å². The van der Waals surface area contributed by atoms with Gasteiger partial charge in [-0.3, -0.25) is 9.59 Å². The topological polar surface area (TPSA) is 86.6 Å². The molecule has 1 heterocycles. The van der Waals surface area contributed by atoms with Crippen molar-refractivity contribution >= 4 is 23.2 Å².